The minimum Gasteiger partial charge on any atom is -0.494 e. The number of ether oxygens (including phenoxy) is 1. The van der Waals surface area contributed by atoms with Crippen molar-refractivity contribution in [3.8, 4) is 5.75 Å². The lowest BCUT2D eigenvalue weighted by atomic mass is 9.78. The summed E-state index contributed by atoms with van der Waals surface area (Å²) in [7, 11) is 0. The number of aliphatic hydroxyl groups is 1. The van der Waals surface area contributed by atoms with Gasteiger partial charge in [-0.05, 0) is 43.1 Å². The molecular weight excluding hydrogens is 298 g/mol. The zero-order chi connectivity index (χ0) is 17.4. The third kappa shape index (κ3) is 5.36. The van der Waals surface area contributed by atoms with Crippen LogP contribution < -0.4 is 10.1 Å². The number of hydrogen-bond acceptors (Lipinski definition) is 3. The summed E-state index contributed by atoms with van der Waals surface area (Å²) in [4.78, 5) is 0. The van der Waals surface area contributed by atoms with E-state index >= 15 is 0 Å². The summed E-state index contributed by atoms with van der Waals surface area (Å²) < 4.78 is 5.78. The van der Waals surface area contributed by atoms with Crippen LogP contribution in [-0.4, -0.2) is 30.9 Å². The minimum absolute atomic E-state index is 0.0231. The number of aliphatic hydroxyl groups excluding tert-OH is 1. The van der Waals surface area contributed by atoms with Gasteiger partial charge in [0.05, 0.1) is 12.7 Å². The van der Waals surface area contributed by atoms with Crippen LogP contribution in [0.4, 0.5) is 0 Å². The van der Waals surface area contributed by atoms with Crippen molar-refractivity contribution in [3.63, 3.8) is 0 Å². The molecule has 0 amide bonds. The quantitative estimate of drug-likeness (QED) is 0.689. The number of benzene rings is 2. The Bertz CT molecular complexity index is 591. The van der Waals surface area contributed by atoms with Crippen molar-refractivity contribution in [1.82, 2.24) is 5.32 Å². The van der Waals surface area contributed by atoms with Gasteiger partial charge < -0.3 is 15.2 Å². The Balaban J connectivity index is 1.85. The highest BCUT2D eigenvalue weighted by Gasteiger charge is 2.22. The number of nitrogens with one attached hydrogen (secondary N) is 1. The van der Waals surface area contributed by atoms with Crippen LogP contribution in [0.2, 0.25) is 0 Å². The molecule has 0 radical (unpaired) electrons. The monoisotopic (exact) mass is 327 g/mol. The predicted molar refractivity (Wildman–Crippen MR) is 99.7 cm³/mol. The third-order valence-corrected chi connectivity index (χ3v) is 4.28. The van der Waals surface area contributed by atoms with E-state index in [4.69, 9.17) is 9.84 Å². The Hall–Kier alpha value is -1.84. The fourth-order valence-corrected chi connectivity index (χ4v) is 2.69. The maximum absolute atomic E-state index is 9.17. The van der Waals surface area contributed by atoms with Crippen LogP contribution in [0.1, 0.15) is 38.3 Å². The molecule has 3 heteroatoms. The fraction of sp³-hybridized carbons (Fsp3) is 0.429. The van der Waals surface area contributed by atoms with Crippen LogP contribution in [-0.2, 0) is 5.41 Å². The summed E-state index contributed by atoms with van der Waals surface area (Å²) in [5.41, 5.74) is 2.56. The van der Waals surface area contributed by atoms with Gasteiger partial charge >= 0.3 is 0 Å². The van der Waals surface area contributed by atoms with Gasteiger partial charge in [-0.25, -0.2) is 0 Å². The first-order valence-corrected chi connectivity index (χ1v) is 8.68. The second-order valence-corrected chi connectivity index (χ2v) is 6.77. The molecule has 0 heterocycles. The standard InChI is InChI=1S/C21H29NO2/c1-17(23)16-22-14-7-15-24-20-12-10-19(11-13-20)21(2,3)18-8-5-4-6-9-18/h4-6,8-13,17,22-23H,7,14-16H2,1-3H3/t17-/m0/s1. The zero-order valence-corrected chi connectivity index (χ0v) is 15.0. The van der Waals surface area contributed by atoms with E-state index in [2.05, 4.69) is 55.6 Å². The maximum Gasteiger partial charge on any atom is 0.119 e. The second kappa shape index (κ2) is 8.86. The van der Waals surface area contributed by atoms with E-state index in [1.54, 1.807) is 6.92 Å². The predicted octanol–water partition coefficient (Wildman–Crippen LogP) is 3.75. The van der Waals surface area contributed by atoms with Crippen molar-refractivity contribution in [2.24, 2.45) is 0 Å². The lowest BCUT2D eigenvalue weighted by molar-refractivity contribution is 0.190. The molecule has 2 rings (SSSR count). The summed E-state index contributed by atoms with van der Waals surface area (Å²) in [6.07, 6.45) is 0.621. The fourth-order valence-electron chi connectivity index (χ4n) is 2.69. The van der Waals surface area contributed by atoms with Crippen LogP contribution in [0.5, 0.6) is 5.75 Å². The Kier molecular flexibility index (Phi) is 6.83. The average molecular weight is 327 g/mol. The molecule has 0 saturated heterocycles. The van der Waals surface area contributed by atoms with Crippen molar-refractivity contribution in [2.75, 3.05) is 19.7 Å². The molecule has 2 aromatic rings. The van der Waals surface area contributed by atoms with Crippen LogP contribution in [0.15, 0.2) is 54.6 Å². The van der Waals surface area contributed by atoms with Crippen LogP contribution in [0.25, 0.3) is 0 Å². The highest BCUT2D eigenvalue weighted by atomic mass is 16.5. The minimum atomic E-state index is -0.300. The van der Waals surface area contributed by atoms with Crippen LogP contribution in [0.3, 0.4) is 0 Å². The van der Waals surface area contributed by atoms with E-state index in [9.17, 15) is 0 Å². The van der Waals surface area contributed by atoms with Gasteiger partial charge in [-0.15, -0.1) is 0 Å². The van der Waals surface area contributed by atoms with Gasteiger partial charge in [-0.1, -0.05) is 56.3 Å². The topological polar surface area (TPSA) is 41.5 Å². The molecule has 0 aliphatic heterocycles. The van der Waals surface area contributed by atoms with E-state index in [0.29, 0.717) is 13.2 Å². The Morgan fingerprint density at radius 1 is 1.00 bits per heavy atom. The molecule has 0 fully saturated rings. The van der Waals surface area contributed by atoms with E-state index < -0.39 is 0 Å². The third-order valence-electron chi connectivity index (χ3n) is 4.28. The lowest BCUT2D eigenvalue weighted by Crippen LogP contribution is -2.26. The van der Waals surface area contributed by atoms with Crippen LogP contribution >= 0.6 is 0 Å². The van der Waals surface area contributed by atoms with Gasteiger partial charge in [0.15, 0.2) is 0 Å². The molecule has 0 saturated carbocycles. The average Bonchev–Trinajstić information content (AvgIpc) is 2.59. The van der Waals surface area contributed by atoms with E-state index in [0.717, 1.165) is 18.7 Å². The van der Waals surface area contributed by atoms with Crippen molar-refractivity contribution in [1.29, 1.82) is 0 Å². The molecular formula is C21H29NO2. The van der Waals surface area contributed by atoms with Crippen molar-refractivity contribution in [3.05, 3.63) is 65.7 Å². The van der Waals surface area contributed by atoms with Gasteiger partial charge in [0.25, 0.3) is 0 Å². The van der Waals surface area contributed by atoms with Gasteiger partial charge in [-0.2, -0.15) is 0 Å². The molecule has 130 valence electrons. The summed E-state index contributed by atoms with van der Waals surface area (Å²) in [6, 6.07) is 18.9. The van der Waals surface area contributed by atoms with E-state index in [1.165, 1.54) is 11.1 Å². The summed E-state index contributed by atoms with van der Waals surface area (Å²) in [5, 5.41) is 12.4. The van der Waals surface area contributed by atoms with Crippen molar-refractivity contribution >= 4 is 0 Å². The second-order valence-electron chi connectivity index (χ2n) is 6.77. The van der Waals surface area contributed by atoms with Crippen molar-refractivity contribution < 1.29 is 9.84 Å². The number of hydrogen-bond donors (Lipinski definition) is 2. The van der Waals surface area contributed by atoms with Crippen molar-refractivity contribution in [2.45, 2.75) is 38.7 Å². The summed E-state index contributed by atoms with van der Waals surface area (Å²) >= 11 is 0. The molecule has 0 aromatic heterocycles. The number of rotatable bonds is 9. The smallest absolute Gasteiger partial charge is 0.119 e. The first-order chi connectivity index (χ1) is 11.5. The van der Waals surface area contributed by atoms with Gasteiger partial charge in [0, 0.05) is 12.0 Å². The normalized spacial score (nSPS) is 12.8. The van der Waals surface area contributed by atoms with E-state index in [1.807, 2.05) is 18.2 Å². The van der Waals surface area contributed by atoms with Crippen LogP contribution in [0, 0.1) is 0 Å². The Morgan fingerprint density at radius 3 is 2.25 bits per heavy atom. The highest BCUT2D eigenvalue weighted by Crippen LogP contribution is 2.32. The molecule has 3 nitrogen and oxygen atoms in total. The molecule has 2 N–H and O–H groups in total. The molecule has 0 aliphatic rings. The first kappa shape index (κ1) is 18.5. The maximum atomic E-state index is 9.17. The summed E-state index contributed by atoms with van der Waals surface area (Å²) in [5.74, 6) is 0.901. The SMILES string of the molecule is C[C@H](O)CNCCCOc1ccc(C(C)(C)c2ccccc2)cc1. The molecule has 1 atom stereocenters. The zero-order valence-electron chi connectivity index (χ0n) is 15.0. The van der Waals surface area contributed by atoms with Gasteiger partial charge in [0.2, 0.25) is 0 Å². The Morgan fingerprint density at radius 2 is 1.62 bits per heavy atom. The van der Waals surface area contributed by atoms with Gasteiger partial charge in [-0.3, -0.25) is 0 Å². The lowest BCUT2D eigenvalue weighted by Gasteiger charge is -2.26. The first-order valence-electron chi connectivity index (χ1n) is 8.68. The molecule has 0 aliphatic carbocycles. The molecule has 0 bridgehead atoms. The van der Waals surface area contributed by atoms with Gasteiger partial charge in [0.1, 0.15) is 5.75 Å². The molecule has 24 heavy (non-hydrogen) atoms. The molecule has 0 unspecified atom stereocenters. The highest BCUT2D eigenvalue weighted by molar-refractivity contribution is 5.39. The Labute approximate surface area is 145 Å². The molecule has 2 aromatic carbocycles. The van der Waals surface area contributed by atoms with E-state index in [-0.39, 0.29) is 11.5 Å². The summed E-state index contributed by atoms with van der Waals surface area (Å²) in [6.45, 7) is 8.42. The largest absolute Gasteiger partial charge is 0.494 e. The molecule has 0 spiro atoms.